The van der Waals surface area contributed by atoms with Crippen molar-refractivity contribution in [1.82, 2.24) is 25.3 Å². The van der Waals surface area contributed by atoms with Gasteiger partial charge in [-0.25, -0.2) is 29.5 Å². The van der Waals surface area contributed by atoms with Crippen LogP contribution in [0.3, 0.4) is 0 Å². The van der Waals surface area contributed by atoms with E-state index in [1.807, 2.05) is 24.3 Å². The molecule has 6 rings (SSSR count). The third-order valence-corrected chi connectivity index (χ3v) is 13.2. The fourth-order valence-corrected chi connectivity index (χ4v) is 8.28. The second-order valence-corrected chi connectivity index (χ2v) is 20.0. The number of amides is 1. The smallest absolute Gasteiger partial charge is 0.412 e. The standard InChI is InChI=1S/C25H33N3O5.C17H20N2O2.C6H13O5P.CH4/c1-16(21(23(29)31-5)28-24(30)33-25(2,3)4)15-32-20-13-17(14-20)8-10-19-11-9-18-7-6-12-26-22(18)27-19;1-12(20)11-21-16-9-13(10-16)4-6-15-7-5-14-3-2-8-18-17(14)19-15;1-5(6(7)9-2)12(8,10-3)11-4;/h6-7,9,11-12,17,20H,8,10,13-15H2,1-5H3,(H,28,30);2-3,5,7-8,13,16H,4,6,9-11H2,1H3;5H,1-4H3;1H4. The summed E-state index contributed by atoms with van der Waals surface area (Å²) in [4.78, 5) is 63.8. The Hall–Kier alpha value is -5.19. The third-order valence-electron chi connectivity index (χ3n) is 11.1. The Morgan fingerprint density at radius 1 is 0.731 bits per heavy atom. The van der Waals surface area contributed by atoms with Crippen LogP contribution >= 0.6 is 7.60 Å². The Labute approximate surface area is 395 Å². The maximum atomic E-state index is 12.1. The number of carbonyl (C=O) groups is 4. The number of aryl methyl sites for hydroxylation is 2. The van der Waals surface area contributed by atoms with Gasteiger partial charge in [-0.2, -0.15) is 0 Å². The molecule has 4 aromatic heterocycles. The van der Waals surface area contributed by atoms with Crippen molar-refractivity contribution < 1.29 is 56.5 Å². The second-order valence-electron chi connectivity index (χ2n) is 17.4. The van der Waals surface area contributed by atoms with Crippen molar-refractivity contribution in [3.05, 3.63) is 83.6 Å². The molecule has 0 saturated heterocycles. The zero-order valence-electron chi connectivity index (χ0n) is 39.9. The van der Waals surface area contributed by atoms with Gasteiger partial charge >= 0.3 is 25.6 Å². The minimum absolute atomic E-state index is 0. The molecule has 0 radical (unpaired) electrons. The first-order valence-corrected chi connectivity index (χ1v) is 23.7. The van der Waals surface area contributed by atoms with Crippen LogP contribution < -0.4 is 5.32 Å². The van der Waals surface area contributed by atoms with Crippen molar-refractivity contribution >= 4 is 53.5 Å². The van der Waals surface area contributed by atoms with Crippen LogP contribution in [0.2, 0.25) is 0 Å². The van der Waals surface area contributed by atoms with Gasteiger partial charge in [-0.05, 0) is 159 Å². The van der Waals surface area contributed by atoms with Crippen molar-refractivity contribution in [2.75, 3.05) is 41.7 Å². The predicted molar refractivity (Wildman–Crippen MR) is 255 cm³/mol. The number of esters is 2. The Bertz CT molecular complexity index is 2320. The van der Waals surface area contributed by atoms with Gasteiger partial charge < -0.3 is 32.7 Å². The average molecular weight is 952 g/mol. The maximum Gasteiger partial charge on any atom is 0.412 e. The van der Waals surface area contributed by atoms with Crippen molar-refractivity contribution in [2.24, 2.45) is 11.8 Å². The Kier molecular flexibility index (Phi) is 22.6. The highest BCUT2D eigenvalue weighted by atomic mass is 31.2. The van der Waals surface area contributed by atoms with Crippen LogP contribution in [0.15, 0.2) is 72.2 Å². The van der Waals surface area contributed by atoms with Gasteiger partial charge in [0.2, 0.25) is 0 Å². The lowest BCUT2D eigenvalue weighted by Crippen LogP contribution is -2.36. The Morgan fingerprint density at radius 3 is 1.63 bits per heavy atom. The zero-order valence-corrected chi connectivity index (χ0v) is 40.8. The van der Waals surface area contributed by atoms with Crippen molar-refractivity contribution in [3.63, 3.8) is 0 Å². The number of ketones is 1. The molecular formula is C49H70N5O12P. The van der Waals surface area contributed by atoms with Crippen LogP contribution in [0.4, 0.5) is 4.79 Å². The SMILES string of the molecule is C.CC(=O)COC1CC(CCc2ccc3cccnc3n2)C1.COC(=O)C(C)P(=O)(OC)OC.COC(=O)C(NC(=O)OC(C)(C)C)=C(C)COC1CC(CCc2ccc3cccnc3n2)C1. The Morgan fingerprint density at radius 2 is 1.21 bits per heavy atom. The molecule has 2 aliphatic rings. The molecule has 368 valence electrons. The molecule has 1 atom stereocenters. The van der Waals surface area contributed by atoms with E-state index in [0.717, 1.165) is 84.8 Å². The summed E-state index contributed by atoms with van der Waals surface area (Å²) in [6.07, 6.45) is 11.4. The van der Waals surface area contributed by atoms with Crippen LogP contribution in [0.1, 0.15) is 98.9 Å². The second kappa shape index (κ2) is 27.0. The number of alkyl carbamates (subject to hydrolysis) is 1. The highest BCUT2D eigenvalue weighted by Crippen LogP contribution is 2.51. The third kappa shape index (κ3) is 18.1. The maximum absolute atomic E-state index is 12.1. The van der Waals surface area contributed by atoms with Gasteiger partial charge in [-0.1, -0.05) is 7.43 Å². The predicted octanol–water partition coefficient (Wildman–Crippen LogP) is 8.95. The number of nitrogens with zero attached hydrogens (tertiary/aromatic N) is 4. The first kappa shape index (κ1) is 56.1. The van der Waals surface area contributed by atoms with E-state index in [0.29, 0.717) is 17.4 Å². The van der Waals surface area contributed by atoms with E-state index in [4.69, 9.17) is 18.9 Å². The summed E-state index contributed by atoms with van der Waals surface area (Å²) in [5.74, 6) is 0.142. The molecule has 0 bridgehead atoms. The van der Waals surface area contributed by atoms with E-state index in [9.17, 15) is 23.7 Å². The number of nitrogens with one attached hydrogen (secondary N) is 1. The largest absolute Gasteiger partial charge is 0.468 e. The molecule has 17 nitrogen and oxygen atoms in total. The number of aromatic nitrogens is 4. The lowest BCUT2D eigenvalue weighted by Gasteiger charge is -2.35. The summed E-state index contributed by atoms with van der Waals surface area (Å²) in [6.45, 7) is 10.5. The molecule has 2 saturated carbocycles. The minimum atomic E-state index is -3.32. The Balaban J connectivity index is 0.000000298. The van der Waals surface area contributed by atoms with E-state index >= 15 is 0 Å². The summed E-state index contributed by atoms with van der Waals surface area (Å²) in [5, 5.41) is 4.63. The minimum Gasteiger partial charge on any atom is -0.468 e. The molecule has 18 heteroatoms. The van der Waals surface area contributed by atoms with Gasteiger partial charge in [0.1, 0.15) is 17.9 Å². The number of hydrogen-bond acceptors (Lipinski definition) is 16. The van der Waals surface area contributed by atoms with Crippen LogP contribution in [0, 0.1) is 11.8 Å². The van der Waals surface area contributed by atoms with Crippen LogP contribution in [0.25, 0.3) is 22.1 Å². The zero-order chi connectivity index (χ0) is 48.4. The molecular weight excluding hydrogens is 882 g/mol. The van der Waals surface area contributed by atoms with E-state index in [1.165, 1.54) is 35.4 Å². The number of rotatable bonds is 18. The molecule has 1 unspecified atom stereocenters. The molecule has 0 aromatic carbocycles. The van der Waals surface area contributed by atoms with Gasteiger partial charge in [0.15, 0.2) is 22.7 Å². The van der Waals surface area contributed by atoms with Crippen LogP contribution in [0.5, 0.6) is 0 Å². The van der Waals surface area contributed by atoms with Gasteiger partial charge in [-0.15, -0.1) is 0 Å². The summed E-state index contributed by atoms with van der Waals surface area (Å²) in [5.41, 5.74) is 2.85. The fourth-order valence-electron chi connectivity index (χ4n) is 7.14. The molecule has 1 N–H and O–H groups in total. The van der Waals surface area contributed by atoms with E-state index in [2.05, 4.69) is 63.3 Å². The number of Topliss-reactive ketones (excluding diaryl/α,β-unsaturated/α-hetero) is 1. The normalized spacial score (nSPS) is 18.4. The number of pyridine rings is 4. The van der Waals surface area contributed by atoms with Gasteiger partial charge in [-0.3, -0.25) is 19.5 Å². The van der Waals surface area contributed by atoms with Gasteiger partial charge in [0.25, 0.3) is 0 Å². The first-order chi connectivity index (χ1) is 31.4. The highest BCUT2D eigenvalue weighted by molar-refractivity contribution is 7.55. The molecule has 4 aromatic rings. The molecule has 0 spiro atoms. The molecule has 2 aliphatic carbocycles. The number of hydrogen-bond donors (Lipinski definition) is 1. The summed E-state index contributed by atoms with van der Waals surface area (Å²) >= 11 is 0. The topological polar surface area (TPSA) is 214 Å². The number of methoxy groups -OCH3 is 2. The average Bonchev–Trinajstić information content (AvgIpc) is 3.27. The van der Waals surface area contributed by atoms with Crippen LogP contribution in [-0.4, -0.2) is 109 Å². The van der Waals surface area contributed by atoms with Gasteiger partial charge in [0, 0.05) is 48.8 Å². The van der Waals surface area contributed by atoms with E-state index in [-0.39, 0.29) is 44.3 Å². The lowest BCUT2D eigenvalue weighted by atomic mass is 9.79. The molecule has 2 fully saturated rings. The monoisotopic (exact) mass is 951 g/mol. The fraction of sp³-hybridized carbons (Fsp3) is 0.551. The summed E-state index contributed by atoms with van der Waals surface area (Å²) in [7, 11) is 1.62. The van der Waals surface area contributed by atoms with Crippen molar-refractivity contribution in [3.8, 4) is 0 Å². The molecule has 0 aliphatic heterocycles. The number of carbonyl (C=O) groups excluding carboxylic acids is 4. The van der Waals surface area contributed by atoms with Crippen molar-refractivity contribution in [2.45, 2.75) is 124 Å². The van der Waals surface area contributed by atoms with Crippen LogP contribution in [-0.2, 0) is 64.5 Å². The highest BCUT2D eigenvalue weighted by Gasteiger charge is 2.37. The van der Waals surface area contributed by atoms with E-state index in [1.54, 1.807) is 47.0 Å². The molecule has 4 heterocycles. The number of ether oxygens (including phenoxy) is 5. The summed E-state index contributed by atoms with van der Waals surface area (Å²) in [6, 6.07) is 16.2. The molecule has 67 heavy (non-hydrogen) atoms. The first-order valence-electron chi connectivity index (χ1n) is 22.1. The molecule has 1 amide bonds. The van der Waals surface area contributed by atoms with Gasteiger partial charge in [0.05, 0.1) is 33.0 Å². The quantitative estimate of drug-likeness (QED) is 0.0426. The lowest BCUT2D eigenvalue weighted by molar-refractivity contribution is -0.140. The number of fused-ring (bicyclic) bond motifs is 2. The van der Waals surface area contributed by atoms with Crippen molar-refractivity contribution in [1.29, 1.82) is 0 Å². The van der Waals surface area contributed by atoms with E-state index < -0.39 is 36.9 Å². The summed E-state index contributed by atoms with van der Waals surface area (Å²) < 4.78 is 46.6.